The molecule has 0 saturated heterocycles. The van der Waals surface area contributed by atoms with E-state index in [1.54, 1.807) is 0 Å². The molecule has 2 N–H and O–H groups in total. The van der Waals surface area contributed by atoms with Crippen molar-refractivity contribution in [2.24, 2.45) is 0 Å². The van der Waals surface area contributed by atoms with Gasteiger partial charge >= 0.3 is 6.18 Å². The lowest BCUT2D eigenvalue weighted by atomic mass is 9.99. The van der Waals surface area contributed by atoms with E-state index in [-0.39, 0.29) is 23.4 Å². The molecule has 134 valence electrons. The first-order valence-electron chi connectivity index (χ1n) is 7.25. The highest BCUT2D eigenvalue weighted by molar-refractivity contribution is 7.89. The zero-order valence-corrected chi connectivity index (χ0v) is 14.2. The number of aromatic hydroxyl groups is 1. The fourth-order valence-corrected chi connectivity index (χ4v) is 4.51. The number of para-hydroxylation sites is 1. The predicted octanol–water partition coefficient (Wildman–Crippen LogP) is 4.03. The minimum atomic E-state index is -4.60. The van der Waals surface area contributed by atoms with Crippen LogP contribution in [0, 0.1) is 0 Å². The molecule has 0 heterocycles. The molecule has 1 saturated carbocycles. The summed E-state index contributed by atoms with van der Waals surface area (Å²) in [5.74, 6) is -0.642. The Morgan fingerprint density at radius 3 is 2.32 bits per heavy atom. The second-order valence-corrected chi connectivity index (χ2v) is 7.88. The maximum atomic E-state index is 13.2. The van der Waals surface area contributed by atoms with Gasteiger partial charge in [0, 0.05) is 0 Å². The molecular formula is C16H13ClF3NO3S. The largest absolute Gasteiger partial charge is 0.505 e. The zero-order valence-electron chi connectivity index (χ0n) is 12.6. The Hall–Kier alpha value is -1.77. The van der Waals surface area contributed by atoms with Gasteiger partial charge in [-0.1, -0.05) is 35.9 Å². The summed E-state index contributed by atoms with van der Waals surface area (Å²) >= 11 is 5.72. The molecule has 1 fully saturated rings. The predicted molar refractivity (Wildman–Crippen MR) is 85.8 cm³/mol. The molecule has 2 aromatic carbocycles. The summed E-state index contributed by atoms with van der Waals surface area (Å²) in [4.78, 5) is -0.476. The lowest BCUT2D eigenvalue weighted by Gasteiger charge is -2.22. The first kappa shape index (κ1) is 18.0. The molecule has 0 amide bonds. The Labute approximate surface area is 147 Å². The Morgan fingerprint density at radius 2 is 1.72 bits per heavy atom. The molecule has 3 rings (SSSR count). The van der Waals surface area contributed by atoms with Crippen molar-refractivity contribution in [3.05, 3.63) is 58.6 Å². The van der Waals surface area contributed by atoms with Gasteiger partial charge in [0.05, 0.1) is 16.1 Å². The molecule has 0 spiro atoms. The van der Waals surface area contributed by atoms with Gasteiger partial charge < -0.3 is 5.11 Å². The molecule has 0 aromatic heterocycles. The second kappa shape index (κ2) is 5.89. The number of halogens is 4. The third kappa shape index (κ3) is 3.33. The quantitative estimate of drug-likeness (QED) is 0.826. The maximum Gasteiger partial charge on any atom is 0.416 e. The SMILES string of the molecule is O=S(=O)(NC1(c2ccccc2C(F)(F)F)CC1)c1cccc(Cl)c1O. The highest BCUT2D eigenvalue weighted by Gasteiger charge is 2.51. The van der Waals surface area contributed by atoms with E-state index in [0.717, 1.165) is 12.1 Å². The minimum absolute atomic E-state index is 0.132. The monoisotopic (exact) mass is 391 g/mol. The molecule has 0 bridgehead atoms. The minimum Gasteiger partial charge on any atom is -0.505 e. The number of sulfonamides is 1. The highest BCUT2D eigenvalue weighted by Crippen LogP contribution is 2.50. The van der Waals surface area contributed by atoms with Crippen LogP contribution in [0.1, 0.15) is 24.0 Å². The van der Waals surface area contributed by atoms with Gasteiger partial charge in [-0.25, -0.2) is 13.1 Å². The van der Waals surface area contributed by atoms with Crippen molar-refractivity contribution in [2.75, 3.05) is 0 Å². The maximum absolute atomic E-state index is 13.2. The second-order valence-electron chi connectivity index (χ2n) is 5.82. The van der Waals surface area contributed by atoms with E-state index in [9.17, 15) is 26.7 Å². The van der Waals surface area contributed by atoms with E-state index in [1.807, 2.05) is 0 Å². The van der Waals surface area contributed by atoms with Crippen LogP contribution in [0.4, 0.5) is 13.2 Å². The lowest BCUT2D eigenvalue weighted by molar-refractivity contribution is -0.138. The standard InChI is InChI=1S/C16H13ClF3NO3S/c17-12-6-3-7-13(14(12)22)25(23,24)21-15(8-9-15)10-4-1-2-5-11(10)16(18,19)20/h1-7,21-22H,8-9H2. The van der Waals surface area contributed by atoms with Crippen molar-refractivity contribution < 1.29 is 26.7 Å². The molecular weight excluding hydrogens is 379 g/mol. The number of benzene rings is 2. The lowest BCUT2D eigenvalue weighted by Crippen LogP contribution is -2.36. The van der Waals surface area contributed by atoms with E-state index in [2.05, 4.69) is 4.72 Å². The van der Waals surface area contributed by atoms with E-state index >= 15 is 0 Å². The summed E-state index contributed by atoms with van der Waals surface area (Å²) < 4.78 is 67.2. The van der Waals surface area contributed by atoms with Crippen LogP contribution in [0.5, 0.6) is 5.75 Å². The fourth-order valence-electron chi connectivity index (χ4n) is 2.72. The number of phenols is 1. The van der Waals surface area contributed by atoms with E-state index in [4.69, 9.17) is 11.6 Å². The molecule has 9 heteroatoms. The summed E-state index contributed by atoms with van der Waals surface area (Å²) in [5, 5.41) is 9.71. The van der Waals surface area contributed by atoms with Crippen LogP contribution < -0.4 is 4.72 Å². The van der Waals surface area contributed by atoms with Crippen molar-refractivity contribution in [2.45, 2.75) is 29.5 Å². The molecule has 2 aromatic rings. The third-order valence-electron chi connectivity index (χ3n) is 4.07. The van der Waals surface area contributed by atoms with Gasteiger partial charge in [0.2, 0.25) is 10.0 Å². The Bertz CT molecular complexity index is 924. The van der Waals surface area contributed by atoms with Gasteiger partial charge in [0.1, 0.15) is 4.90 Å². The van der Waals surface area contributed by atoms with Crippen LogP contribution in [0.3, 0.4) is 0 Å². The fraction of sp³-hybridized carbons (Fsp3) is 0.250. The van der Waals surface area contributed by atoms with Gasteiger partial charge in [-0.15, -0.1) is 0 Å². The first-order chi connectivity index (χ1) is 11.6. The number of hydrogen-bond donors (Lipinski definition) is 2. The molecule has 0 radical (unpaired) electrons. The van der Waals surface area contributed by atoms with Crippen molar-refractivity contribution in [3.63, 3.8) is 0 Å². The summed E-state index contributed by atoms with van der Waals surface area (Å²) in [6.07, 6.45) is -4.16. The van der Waals surface area contributed by atoms with Crippen molar-refractivity contribution in [1.29, 1.82) is 0 Å². The average molecular weight is 392 g/mol. The van der Waals surface area contributed by atoms with Crippen molar-refractivity contribution in [3.8, 4) is 5.75 Å². The van der Waals surface area contributed by atoms with Gasteiger partial charge in [-0.2, -0.15) is 13.2 Å². The summed E-state index contributed by atoms with van der Waals surface area (Å²) in [5.41, 5.74) is -2.36. The van der Waals surface area contributed by atoms with Gasteiger partial charge in [0.15, 0.2) is 5.75 Å². The Morgan fingerprint density at radius 1 is 1.08 bits per heavy atom. The highest BCUT2D eigenvalue weighted by atomic mass is 35.5. The number of hydrogen-bond acceptors (Lipinski definition) is 3. The molecule has 4 nitrogen and oxygen atoms in total. The molecule has 0 unspecified atom stereocenters. The molecule has 1 aliphatic carbocycles. The summed E-state index contributed by atoms with van der Waals surface area (Å²) in [6.45, 7) is 0. The Balaban J connectivity index is 2.03. The smallest absolute Gasteiger partial charge is 0.416 e. The zero-order chi connectivity index (χ0) is 18.5. The average Bonchev–Trinajstić information content (AvgIpc) is 3.29. The van der Waals surface area contributed by atoms with Crippen LogP contribution in [-0.2, 0) is 21.7 Å². The molecule has 0 atom stereocenters. The Kier molecular flexibility index (Phi) is 4.25. The topological polar surface area (TPSA) is 66.4 Å². The van der Waals surface area contributed by atoms with Gasteiger partial charge in [-0.05, 0) is 36.6 Å². The summed E-state index contributed by atoms with van der Waals surface area (Å²) in [6, 6.07) is 8.63. The van der Waals surface area contributed by atoms with E-state index < -0.39 is 37.9 Å². The number of alkyl halides is 3. The molecule has 0 aliphatic heterocycles. The van der Waals surface area contributed by atoms with Crippen LogP contribution >= 0.6 is 11.6 Å². The number of phenolic OH excluding ortho intramolecular Hbond substituents is 1. The van der Waals surface area contributed by atoms with Gasteiger partial charge in [0.25, 0.3) is 0 Å². The van der Waals surface area contributed by atoms with Crippen LogP contribution in [0.15, 0.2) is 47.4 Å². The molecule has 1 aliphatic rings. The van der Waals surface area contributed by atoms with Crippen LogP contribution in [-0.4, -0.2) is 13.5 Å². The molecule has 25 heavy (non-hydrogen) atoms. The first-order valence-corrected chi connectivity index (χ1v) is 9.11. The van der Waals surface area contributed by atoms with Crippen molar-refractivity contribution in [1.82, 2.24) is 4.72 Å². The van der Waals surface area contributed by atoms with Gasteiger partial charge in [-0.3, -0.25) is 0 Å². The van der Waals surface area contributed by atoms with Crippen LogP contribution in [0.2, 0.25) is 5.02 Å². The number of nitrogens with one attached hydrogen (secondary N) is 1. The summed E-state index contributed by atoms with van der Waals surface area (Å²) in [7, 11) is -4.27. The number of rotatable bonds is 4. The normalized spacial score (nSPS) is 16.6. The van der Waals surface area contributed by atoms with E-state index in [1.165, 1.54) is 30.3 Å². The third-order valence-corrected chi connectivity index (χ3v) is 5.94. The van der Waals surface area contributed by atoms with Crippen molar-refractivity contribution >= 4 is 21.6 Å². The van der Waals surface area contributed by atoms with E-state index in [0.29, 0.717) is 0 Å². The van der Waals surface area contributed by atoms with Crippen LogP contribution in [0.25, 0.3) is 0 Å².